The fourth-order valence-corrected chi connectivity index (χ4v) is 6.02. The monoisotopic (exact) mass is 493 g/mol. The van der Waals surface area contributed by atoms with Crippen molar-refractivity contribution in [2.24, 2.45) is 0 Å². The fraction of sp³-hybridized carbons (Fsp3) is 0.174. The minimum Gasteiger partial charge on any atom is -0.469 e. The molecule has 1 heterocycles. The van der Waals surface area contributed by atoms with E-state index in [4.69, 9.17) is 27.9 Å². The third kappa shape index (κ3) is 4.20. The first-order valence-corrected chi connectivity index (χ1v) is 12.0. The SMILES string of the molecule is COC(=O)CC1c2cc(F)ccc2-c2ccccc2N1S(=O)(=O)Cc1ccc(Cl)c(Cl)c1. The zero-order chi connectivity index (χ0) is 23.0. The normalized spacial score (nSPS) is 15.1. The molecule has 0 amide bonds. The number of nitrogens with zero attached hydrogens (tertiary/aromatic N) is 1. The Balaban J connectivity index is 1.89. The first-order chi connectivity index (χ1) is 15.2. The number of rotatable bonds is 5. The number of ether oxygens (including phenoxy) is 1. The van der Waals surface area contributed by atoms with E-state index in [-0.39, 0.29) is 17.2 Å². The molecule has 0 aromatic heterocycles. The number of halogens is 3. The fourth-order valence-electron chi connectivity index (χ4n) is 3.93. The van der Waals surface area contributed by atoms with Crippen LogP contribution >= 0.6 is 23.2 Å². The molecule has 32 heavy (non-hydrogen) atoms. The Hall–Kier alpha value is -2.61. The first-order valence-electron chi connectivity index (χ1n) is 9.63. The van der Waals surface area contributed by atoms with E-state index in [0.29, 0.717) is 33.0 Å². The summed E-state index contributed by atoms with van der Waals surface area (Å²) in [5.74, 6) is -1.53. The minimum atomic E-state index is -4.04. The lowest BCUT2D eigenvalue weighted by Gasteiger charge is -2.38. The lowest BCUT2D eigenvalue weighted by atomic mass is 9.88. The average molecular weight is 494 g/mol. The smallest absolute Gasteiger partial charge is 0.307 e. The molecule has 0 bridgehead atoms. The summed E-state index contributed by atoms with van der Waals surface area (Å²) in [4.78, 5) is 12.2. The number of fused-ring (bicyclic) bond motifs is 3. The van der Waals surface area contributed by atoms with Crippen molar-refractivity contribution in [2.75, 3.05) is 11.4 Å². The Morgan fingerprint density at radius 3 is 2.50 bits per heavy atom. The third-order valence-corrected chi connectivity index (χ3v) is 7.80. The van der Waals surface area contributed by atoms with Gasteiger partial charge < -0.3 is 4.74 Å². The van der Waals surface area contributed by atoms with E-state index < -0.39 is 27.9 Å². The standard InChI is InChI=1S/C23H18Cl2FNO4S/c1-31-23(28)12-22-18-11-15(26)7-8-16(18)17-4-2-3-5-21(17)27(22)32(29,30)13-14-6-9-19(24)20(25)10-14/h2-11,22H,12-13H2,1H3. The van der Waals surface area contributed by atoms with Gasteiger partial charge in [0.1, 0.15) is 5.82 Å². The summed E-state index contributed by atoms with van der Waals surface area (Å²) >= 11 is 12.0. The zero-order valence-corrected chi connectivity index (χ0v) is 19.2. The van der Waals surface area contributed by atoms with Gasteiger partial charge in [0.15, 0.2) is 0 Å². The molecule has 0 radical (unpaired) electrons. The van der Waals surface area contributed by atoms with Gasteiger partial charge in [-0.3, -0.25) is 9.10 Å². The average Bonchev–Trinajstić information content (AvgIpc) is 2.75. The number of hydrogen-bond acceptors (Lipinski definition) is 4. The molecule has 4 rings (SSSR count). The van der Waals surface area contributed by atoms with Crippen LogP contribution in [-0.4, -0.2) is 21.5 Å². The van der Waals surface area contributed by atoms with Gasteiger partial charge in [0, 0.05) is 5.56 Å². The molecular weight excluding hydrogens is 476 g/mol. The molecule has 1 aliphatic rings. The number of para-hydroxylation sites is 1. The van der Waals surface area contributed by atoms with Crippen LogP contribution in [0.25, 0.3) is 11.1 Å². The molecule has 1 atom stereocenters. The summed E-state index contributed by atoms with van der Waals surface area (Å²) in [5.41, 5.74) is 2.52. The number of benzene rings is 3. The number of esters is 1. The van der Waals surface area contributed by atoms with Gasteiger partial charge in [0.25, 0.3) is 0 Å². The highest BCUT2D eigenvalue weighted by atomic mass is 35.5. The number of sulfonamides is 1. The van der Waals surface area contributed by atoms with Crippen molar-refractivity contribution in [1.82, 2.24) is 0 Å². The lowest BCUT2D eigenvalue weighted by molar-refractivity contribution is -0.141. The van der Waals surface area contributed by atoms with Crippen molar-refractivity contribution < 1.29 is 22.3 Å². The highest BCUT2D eigenvalue weighted by Gasteiger charge is 2.39. The summed E-state index contributed by atoms with van der Waals surface area (Å²) in [6, 6.07) is 14.7. The maximum Gasteiger partial charge on any atom is 0.307 e. The second-order valence-electron chi connectivity index (χ2n) is 7.35. The molecule has 0 N–H and O–H groups in total. The van der Waals surface area contributed by atoms with Gasteiger partial charge in [-0.2, -0.15) is 0 Å². The Morgan fingerprint density at radius 2 is 1.78 bits per heavy atom. The van der Waals surface area contributed by atoms with E-state index in [1.807, 2.05) is 0 Å². The third-order valence-electron chi connectivity index (χ3n) is 5.31. The molecular formula is C23H18Cl2FNO4S. The molecule has 0 aliphatic carbocycles. The molecule has 0 spiro atoms. The molecule has 1 unspecified atom stereocenters. The van der Waals surface area contributed by atoms with Gasteiger partial charge in [0.2, 0.25) is 10.0 Å². The van der Waals surface area contributed by atoms with E-state index in [2.05, 4.69) is 0 Å². The predicted octanol–water partition coefficient (Wildman–Crippen LogP) is 5.75. The largest absolute Gasteiger partial charge is 0.469 e. The van der Waals surface area contributed by atoms with Crippen LogP contribution in [0.15, 0.2) is 60.7 Å². The van der Waals surface area contributed by atoms with Crippen LogP contribution in [0.4, 0.5) is 10.1 Å². The Bertz CT molecular complexity index is 1310. The van der Waals surface area contributed by atoms with Crippen LogP contribution < -0.4 is 4.31 Å². The van der Waals surface area contributed by atoms with Crippen molar-refractivity contribution in [3.63, 3.8) is 0 Å². The Morgan fingerprint density at radius 1 is 1.03 bits per heavy atom. The molecule has 9 heteroatoms. The van der Waals surface area contributed by atoms with E-state index in [1.54, 1.807) is 36.4 Å². The first kappa shape index (κ1) is 22.6. The zero-order valence-electron chi connectivity index (χ0n) is 16.9. The second kappa shape index (κ2) is 8.73. The van der Waals surface area contributed by atoms with Gasteiger partial charge >= 0.3 is 5.97 Å². The van der Waals surface area contributed by atoms with E-state index >= 15 is 0 Å². The van der Waals surface area contributed by atoms with E-state index in [1.165, 1.54) is 35.7 Å². The maximum atomic E-state index is 14.2. The number of methoxy groups -OCH3 is 1. The van der Waals surface area contributed by atoms with Gasteiger partial charge in [-0.1, -0.05) is 53.5 Å². The highest BCUT2D eigenvalue weighted by molar-refractivity contribution is 7.92. The number of carbonyl (C=O) groups is 1. The lowest BCUT2D eigenvalue weighted by Crippen LogP contribution is -2.39. The van der Waals surface area contributed by atoms with Crippen LogP contribution in [0.5, 0.6) is 0 Å². The molecule has 5 nitrogen and oxygen atoms in total. The van der Waals surface area contributed by atoms with Crippen LogP contribution in [0, 0.1) is 5.82 Å². The van der Waals surface area contributed by atoms with Crippen molar-refractivity contribution in [2.45, 2.75) is 18.2 Å². The molecule has 0 fully saturated rings. The predicted molar refractivity (Wildman–Crippen MR) is 123 cm³/mol. The van der Waals surface area contributed by atoms with E-state index in [0.717, 1.165) is 0 Å². The van der Waals surface area contributed by atoms with Gasteiger partial charge in [-0.15, -0.1) is 0 Å². The molecule has 3 aromatic rings. The van der Waals surface area contributed by atoms with Crippen molar-refractivity contribution in [3.8, 4) is 11.1 Å². The van der Waals surface area contributed by atoms with Crippen molar-refractivity contribution in [1.29, 1.82) is 0 Å². The summed E-state index contributed by atoms with van der Waals surface area (Å²) in [6.07, 6.45) is -0.276. The Kier molecular flexibility index (Phi) is 6.16. The summed E-state index contributed by atoms with van der Waals surface area (Å²) in [7, 11) is -2.81. The van der Waals surface area contributed by atoms with Gasteiger partial charge in [0.05, 0.1) is 41.1 Å². The van der Waals surface area contributed by atoms with Crippen LogP contribution in [0.1, 0.15) is 23.6 Å². The number of anilines is 1. The molecule has 1 aliphatic heterocycles. The molecule has 0 saturated carbocycles. The van der Waals surface area contributed by atoms with Gasteiger partial charge in [-0.25, -0.2) is 12.8 Å². The second-order valence-corrected chi connectivity index (χ2v) is 10.0. The highest BCUT2D eigenvalue weighted by Crippen LogP contribution is 2.48. The van der Waals surface area contributed by atoms with Crippen LogP contribution in [-0.2, 0) is 25.3 Å². The van der Waals surface area contributed by atoms with Crippen molar-refractivity contribution >= 4 is 44.9 Å². The Labute approximate surface area is 195 Å². The van der Waals surface area contributed by atoms with E-state index in [9.17, 15) is 17.6 Å². The van der Waals surface area contributed by atoms with Crippen LogP contribution in [0.2, 0.25) is 10.0 Å². The minimum absolute atomic E-state index is 0.233. The van der Waals surface area contributed by atoms with Crippen molar-refractivity contribution in [3.05, 3.63) is 87.7 Å². The molecule has 166 valence electrons. The molecule has 0 saturated heterocycles. The van der Waals surface area contributed by atoms with Crippen LogP contribution in [0.3, 0.4) is 0 Å². The molecule has 3 aromatic carbocycles. The quantitative estimate of drug-likeness (QED) is 0.424. The van der Waals surface area contributed by atoms with Gasteiger partial charge in [-0.05, 0) is 47.0 Å². The summed E-state index contributed by atoms with van der Waals surface area (Å²) in [6.45, 7) is 0. The number of hydrogen-bond donors (Lipinski definition) is 0. The topological polar surface area (TPSA) is 63.7 Å². The summed E-state index contributed by atoms with van der Waals surface area (Å²) < 4.78 is 47.6. The summed E-state index contributed by atoms with van der Waals surface area (Å²) in [5, 5.41) is 0.543. The maximum absolute atomic E-state index is 14.2. The number of carbonyl (C=O) groups excluding carboxylic acids is 1.